The summed E-state index contributed by atoms with van der Waals surface area (Å²) in [6.45, 7) is 3.32. The van der Waals surface area contributed by atoms with Gasteiger partial charge < -0.3 is 13.8 Å². The molecule has 0 saturated carbocycles. The summed E-state index contributed by atoms with van der Waals surface area (Å²) in [6.07, 6.45) is 1.62. The number of methoxy groups -OCH3 is 1. The molecule has 6 heteroatoms. The number of aryl methyl sites for hydroxylation is 1. The third-order valence-electron chi connectivity index (χ3n) is 3.19. The first-order chi connectivity index (χ1) is 9.74. The van der Waals surface area contributed by atoms with Crippen molar-refractivity contribution in [2.75, 3.05) is 7.11 Å². The van der Waals surface area contributed by atoms with E-state index < -0.39 is 0 Å². The van der Waals surface area contributed by atoms with E-state index in [0.717, 1.165) is 39.1 Å². The van der Waals surface area contributed by atoms with Crippen LogP contribution in [0.3, 0.4) is 0 Å². The average molecular weight is 336 g/mol. The summed E-state index contributed by atoms with van der Waals surface area (Å²) >= 11 is 3.50. The molecule has 0 N–H and O–H groups in total. The van der Waals surface area contributed by atoms with Gasteiger partial charge in [-0.2, -0.15) is 0 Å². The number of rotatable bonds is 4. The second-order valence-electron chi connectivity index (χ2n) is 4.42. The lowest BCUT2D eigenvalue weighted by molar-refractivity contribution is 0.177. The molecule has 0 aliphatic carbocycles. The van der Waals surface area contributed by atoms with Crippen LogP contribution in [-0.4, -0.2) is 21.8 Å². The Kier molecular flexibility index (Phi) is 3.58. The van der Waals surface area contributed by atoms with Gasteiger partial charge in [-0.1, -0.05) is 21.1 Å². The zero-order valence-electron chi connectivity index (χ0n) is 11.3. The van der Waals surface area contributed by atoms with Crippen molar-refractivity contribution in [1.82, 2.24) is 14.7 Å². The molecule has 2 heterocycles. The highest BCUT2D eigenvalue weighted by Crippen LogP contribution is 2.29. The maximum atomic E-state index is 5.15. The molecule has 0 amide bonds. The molecular formula is C14H14BrN3O2. The first kappa shape index (κ1) is 13.3. The van der Waals surface area contributed by atoms with Gasteiger partial charge in [-0.15, -0.1) is 0 Å². The van der Waals surface area contributed by atoms with E-state index in [1.54, 1.807) is 13.4 Å². The van der Waals surface area contributed by atoms with E-state index >= 15 is 0 Å². The molecule has 0 spiro atoms. The fourth-order valence-electron chi connectivity index (χ4n) is 2.30. The third kappa shape index (κ3) is 2.14. The second kappa shape index (κ2) is 5.38. The summed E-state index contributed by atoms with van der Waals surface area (Å²) in [6, 6.07) is 6.06. The van der Waals surface area contributed by atoms with Crippen molar-refractivity contribution in [3.63, 3.8) is 0 Å². The summed E-state index contributed by atoms with van der Waals surface area (Å²) in [7, 11) is 1.64. The Bertz CT molecular complexity index is 748. The molecule has 0 unspecified atom stereocenters. The average Bonchev–Trinajstić information content (AvgIpc) is 3.02. The van der Waals surface area contributed by atoms with Crippen molar-refractivity contribution in [2.45, 2.75) is 20.1 Å². The molecule has 0 aliphatic rings. The number of benzene rings is 1. The molecule has 104 valence electrons. The highest BCUT2D eigenvalue weighted by atomic mass is 79.9. The molecule has 3 aromatic rings. The number of hydrogen-bond acceptors (Lipinski definition) is 4. The van der Waals surface area contributed by atoms with Gasteiger partial charge in [0.25, 0.3) is 0 Å². The largest absolute Gasteiger partial charge is 0.378 e. The fraction of sp³-hybridized carbons (Fsp3) is 0.286. The van der Waals surface area contributed by atoms with Crippen molar-refractivity contribution in [2.24, 2.45) is 0 Å². The molecule has 3 rings (SSSR count). The molecule has 0 aliphatic heterocycles. The lowest BCUT2D eigenvalue weighted by Crippen LogP contribution is -1.99. The van der Waals surface area contributed by atoms with E-state index in [9.17, 15) is 0 Å². The van der Waals surface area contributed by atoms with E-state index in [0.29, 0.717) is 6.61 Å². The number of hydrogen-bond donors (Lipinski definition) is 0. The van der Waals surface area contributed by atoms with Gasteiger partial charge in [0.05, 0.1) is 23.2 Å². The monoisotopic (exact) mass is 335 g/mol. The predicted octanol–water partition coefficient (Wildman–Crippen LogP) is 3.62. The molecule has 0 saturated heterocycles. The Morgan fingerprint density at radius 2 is 2.25 bits per heavy atom. The lowest BCUT2D eigenvalue weighted by Gasteiger charge is -2.05. The van der Waals surface area contributed by atoms with Gasteiger partial charge >= 0.3 is 0 Å². The van der Waals surface area contributed by atoms with Gasteiger partial charge in [0, 0.05) is 18.1 Å². The van der Waals surface area contributed by atoms with E-state index in [-0.39, 0.29) is 0 Å². The van der Waals surface area contributed by atoms with Crippen molar-refractivity contribution >= 4 is 27.0 Å². The van der Waals surface area contributed by atoms with Crippen LogP contribution in [0, 0.1) is 0 Å². The van der Waals surface area contributed by atoms with Crippen LogP contribution in [0.5, 0.6) is 0 Å². The van der Waals surface area contributed by atoms with Gasteiger partial charge in [0.1, 0.15) is 17.8 Å². The Labute approximate surface area is 124 Å². The van der Waals surface area contributed by atoms with Crippen molar-refractivity contribution < 1.29 is 9.26 Å². The number of imidazole rings is 1. The molecule has 20 heavy (non-hydrogen) atoms. The zero-order valence-corrected chi connectivity index (χ0v) is 12.8. The second-order valence-corrected chi connectivity index (χ2v) is 5.34. The molecular weight excluding hydrogens is 322 g/mol. The lowest BCUT2D eigenvalue weighted by atomic mass is 10.2. The third-order valence-corrected chi connectivity index (χ3v) is 3.69. The normalized spacial score (nSPS) is 11.3. The predicted molar refractivity (Wildman–Crippen MR) is 79.3 cm³/mol. The van der Waals surface area contributed by atoms with Crippen LogP contribution < -0.4 is 0 Å². The molecule has 0 bridgehead atoms. The Balaban J connectivity index is 2.22. The Morgan fingerprint density at radius 1 is 1.40 bits per heavy atom. The van der Waals surface area contributed by atoms with Crippen LogP contribution >= 0.6 is 15.9 Å². The van der Waals surface area contributed by atoms with E-state index in [4.69, 9.17) is 14.2 Å². The SMILES string of the molecule is CCn1c(-c2conc2COC)nc2ccc(Br)cc21. The Hall–Kier alpha value is -1.66. The highest BCUT2D eigenvalue weighted by molar-refractivity contribution is 9.10. The van der Waals surface area contributed by atoms with Gasteiger partial charge in [0.2, 0.25) is 0 Å². The molecule has 1 aromatic carbocycles. The zero-order chi connectivity index (χ0) is 14.1. The maximum Gasteiger partial charge on any atom is 0.146 e. The molecule has 0 atom stereocenters. The van der Waals surface area contributed by atoms with Crippen LogP contribution in [-0.2, 0) is 17.9 Å². The number of nitrogens with zero attached hydrogens (tertiary/aromatic N) is 3. The summed E-state index contributed by atoms with van der Waals surface area (Å²) in [5.74, 6) is 0.855. The van der Waals surface area contributed by atoms with Crippen LogP contribution in [0.4, 0.5) is 0 Å². The quantitative estimate of drug-likeness (QED) is 0.730. The summed E-state index contributed by atoms with van der Waals surface area (Å²) in [4.78, 5) is 4.70. The first-order valence-electron chi connectivity index (χ1n) is 6.33. The summed E-state index contributed by atoms with van der Waals surface area (Å²) < 4.78 is 13.4. The van der Waals surface area contributed by atoms with E-state index in [1.807, 2.05) is 12.1 Å². The van der Waals surface area contributed by atoms with Gasteiger partial charge in [-0.25, -0.2) is 4.98 Å². The molecule has 0 fully saturated rings. The number of fused-ring (bicyclic) bond motifs is 1. The first-order valence-corrected chi connectivity index (χ1v) is 7.12. The van der Waals surface area contributed by atoms with Crippen LogP contribution in [0.25, 0.3) is 22.4 Å². The highest BCUT2D eigenvalue weighted by Gasteiger charge is 2.17. The topological polar surface area (TPSA) is 53.1 Å². The standard InChI is InChI=1S/C14H14BrN3O2/c1-3-18-13-6-9(15)4-5-11(13)16-14(18)10-7-20-17-12(10)8-19-2/h4-7H,3,8H2,1-2H3. The number of halogens is 1. The number of aromatic nitrogens is 3. The van der Waals surface area contributed by atoms with Crippen molar-refractivity contribution in [3.8, 4) is 11.4 Å². The van der Waals surface area contributed by atoms with Crippen LogP contribution in [0.1, 0.15) is 12.6 Å². The summed E-state index contributed by atoms with van der Waals surface area (Å²) in [5.41, 5.74) is 3.67. The van der Waals surface area contributed by atoms with Crippen LogP contribution in [0.2, 0.25) is 0 Å². The molecule has 0 radical (unpaired) electrons. The minimum atomic E-state index is 0.405. The van der Waals surface area contributed by atoms with Gasteiger partial charge in [-0.05, 0) is 25.1 Å². The smallest absolute Gasteiger partial charge is 0.146 e. The number of ether oxygens (including phenoxy) is 1. The maximum absolute atomic E-state index is 5.15. The summed E-state index contributed by atoms with van der Waals surface area (Å²) in [5, 5.41) is 3.98. The fourth-order valence-corrected chi connectivity index (χ4v) is 2.65. The minimum absolute atomic E-state index is 0.405. The van der Waals surface area contributed by atoms with E-state index in [1.165, 1.54) is 0 Å². The van der Waals surface area contributed by atoms with Crippen LogP contribution in [0.15, 0.2) is 33.5 Å². The van der Waals surface area contributed by atoms with Gasteiger partial charge in [0.15, 0.2) is 0 Å². The molecule has 5 nitrogen and oxygen atoms in total. The Morgan fingerprint density at radius 3 is 3.00 bits per heavy atom. The van der Waals surface area contributed by atoms with Gasteiger partial charge in [-0.3, -0.25) is 0 Å². The van der Waals surface area contributed by atoms with Crippen molar-refractivity contribution in [3.05, 3.63) is 34.6 Å². The molecule has 2 aromatic heterocycles. The van der Waals surface area contributed by atoms with Crippen molar-refractivity contribution in [1.29, 1.82) is 0 Å². The van der Waals surface area contributed by atoms with E-state index in [2.05, 4.69) is 38.6 Å². The minimum Gasteiger partial charge on any atom is -0.378 e.